The first-order chi connectivity index (χ1) is 11.7. The van der Waals surface area contributed by atoms with Crippen LogP contribution in [-0.4, -0.2) is 37.1 Å². The first kappa shape index (κ1) is 16.6. The van der Waals surface area contributed by atoms with Crippen molar-refractivity contribution in [3.8, 4) is 0 Å². The molecule has 0 radical (unpaired) electrons. The number of hydrogen-bond acceptors (Lipinski definition) is 4. The first-order valence-electron chi connectivity index (χ1n) is 7.69. The van der Waals surface area contributed by atoms with Gasteiger partial charge in [-0.3, -0.25) is 4.79 Å². The Morgan fingerprint density at radius 2 is 1.88 bits per heavy atom. The highest BCUT2D eigenvalue weighted by atomic mass is 32.2. The predicted octanol–water partition coefficient (Wildman–Crippen LogP) is 3.73. The first-order valence-corrected chi connectivity index (χ1v) is 8.51. The molecule has 5 heteroatoms. The summed E-state index contributed by atoms with van der Waals surface area (Å²) in [6.07, 6.45) is 0.915. The van der Waals surface area contributed by atoms with Crippen LogP contribution in [0, 0.1) is 0 Å². The van der Waals surface area contributed by atoms with Gasteiger partial charge in [0.2, 0.25) is 0 Å². The normalized spacial score (nSPS) is 11.2. The van der Waals surface area contributed by atoms with Gasteiger partial charge in [0.15, 0.2) is 6.29 Å². The Kier molecular flexibility index (Phi) is 4.92. The van der Waals surface area contributed by atoms with Crippen LogP contribution in [0.3, 0.4) is 0 Å². The summed E-state index contributed by atoms with van der Waals surface area (Å²) in [6, 6.07) is 15.9. The Labute approximate surface area is 146 Å². The van der Waals surface area contributed by atoms with Gasteiger partial charge in [0.1, 0.15) is 12.1 Å². The maximum absolute atomic E-state index is 11.6. The van der Waals surface area contributed by atoms with Crippen LogP contribution in [0.2, 0.25) is 0 Å². The van der Waals surface area contributed by atoms with E-state index in [0.717, 1.165) is 39.2 Å². The van der Waals surface area contributed by atoms with Crippen molar-refractivity contribution >= 4 is 29.0 Å². The van der Waals surface area contributed by atoms with Crippen LogP contribution in [0.5, 0.6) is 0 Å². The maximum Gasteiger partial charge on any atom is 0.150 e. The Morgan fingerprint density at radius 1 is 1.12 bits per heavy atom. The molecule has 0 aliphatic carbocycles. The second-order valence-corrected chi connectivity index (χ2v) is 6.83. The number of fused-ring (bicyclic) bond motifs is 1. The Balaban J connectivity index is 2.26. The summed E-state index contributed by atoms with van der Waals surface area (Å²) in [7, 11) is 5.70. The molecule has 0 bridgehead atoms. The third-order valence-electron chi connectivity index (χ3n) is 3.78. The lowest BCUT2D eigenvalue weighted by atomic mass is 10.1. The quantitative estimate of drug-likeness (QED) is 0.641. The zero-order chi connectivity index (χ0) is 17.1. The zero-order valence-electron chi connectivity index (χ0n) is 14.0. The molecular weight excluding hydrogens is 320 g/mol. The van der Waals surface area contributed by atoms with E-state index in [1.807, 2.05) is 55.2 Å². The van der Waals surface area contributed by atoms with Gasteiger partial charge in [-0.05, 0) is 32.3 Å². The monoisotopic (exact) mass is 340 g/mol. The smallest absolute Gasteiger partial charge is 0.150 e. The van der Waals surface area contributed by atoms with Crippen LogP contribution in [0.15, 0.2) is 58.5 Å². The van der Waals surface area contributed by atoms with E-state index < -0.39 is 0 Å². The van der Waals surface area contributed by atoms with E-state index in [1.165, 1.54) is 0 Å². The van der Waals surface area contributed by atoms with E-state index in [0.29, 0.717) is 5.56 Å². The second-order valence-electron chi connectivity index (χ2n) is 5.77. The molecule has 0 spiro atoms. The van der Waals surface area contributed by atoms with Crippen molar-refractivity contribution in [3.05, 3.63) is 59.7 Å². The summed E-state index contributed by atoms with van der Waals surface area (Å²) in [5.41, 5.74) is 2.71. The average Bonchev–Trinajstić information content (AvgIpc) is 2.88. The number of nitrogens with zero attached hydrogens (tertiary/aromatic N) is 2. The van der Waals surface area contributed by atoms with E-state index in [4.69, 9.17) is 4.84 Å². The molecule has 1 heterocycles. The minimum atomic E-state index is 0.690. The molecule has 0 unspecified atom stereocenters. The van der Waals surface area contributed by atoms with E-state index in [9.17, 15) is 4.79 Å². The lowest BCUT2D eigenvalue weighted by Crippen LogP contribution is -2.12. The third kappa shape index (κ3) is 3.05. The molecule has 124 valence electrons. The molecule has 0 aliphatic heterocycles. The highest BCUT2D eigenvalue weighted by molar-refractivity contribution is 7.99. The van der Waals surface area contributed by atoms with E-state index >= 15 is 0 Å². The molecule has 3 aromatic rings. The highest BCUT2D eigenvalue weighted by Crippen LogP contribution is 2.38. The summed E-state index contributed by atoms with van der Waals surface area (Å²) in [4.78, 5) is 20.4. The summed E-state index contributed by atoms with van der Waals surface area (Å²) in [6.45, 7) is 0.729. The number of benzene rings is 2. The SMILES string of the molecule is COn1c(Sc2ccccc2)c(CN(C)C)c2c(C=O)cccc21. The molecular formula is C19H20N2O2S. The van der Waals surface area contributed by atoms with Crippen molar-refractivity contribution in [1.29, 1.82) is 0 Å². The summed E-state index contributed by atoms with van der Waals surface area (Å²) in [5.74, 6) is 0. The topological polar surface area (TPSA) is 34.5 Å². The molecule has 0 saturated carbocycles. The third-order valence-corrected chi connectivity index (χ3v) is 4.89. The molecule has 0 N–H and O–H groups in total. The van der Waals surface area contributed by atoms with Gasteiger partial charge in [-0.1, -0.05) is 42.1 Å². The van der Waals surface area contributed by atoms with Crippen LogP contribution in [0.25, 0.3) is 10.9 Å². The van der Waals surface area contributed by atoms with Crippen molar-refractivity contribution in [2.75, 3.05) is 21.2 Å². The van der Waals surface area contributed by atoms with Gasteiger partial charge in [0.25, 0.3) is 0 Å². The molecule has 0 amide bonds. The van der Waals surface area contributed by atoms with Crippen LogP contribution in [0.1, 0.15) is 15.9 Å². The minimum absolute atomic E-state index is 0.690. The Hall–Kier alpha value is -2.24. The van der Waals surface area contributed by atoms with Gasteiger partial charge >= 0.3 is 0 Å². The molecule has 2 aromatic carbocycles. The lowest BCUT2D eigenvalue weighted by molar-refractivity contribution is 0.112. The van der Waals surface area contributed by atoms with Gasteiger partial charge in [0.05, 0.1) is 5.52 Å². The van der Waals surface area contributed by atoms with Crippen molar-refractivity contribution in [3.63, 3.8) is 0 Å². The summed E-state index contributed by atoms with van der Waals surface area (Å²) in [5, 5.41) is 1.96. The zero-order valence-corrected chi connectivity index (χ0v) is 14.8. The van der Waals surface area contributed by atoms with Gasteiger partial charge in [0, 0.05) is 28.0 Å². The minimum Gasteiger partial charge on any atom is -0.416 e. The van der Waals surface area contributed by atoms with Crippen molar-refractivity contribution in [2.24, 2.45) is 0 Å². The Bertz CT molecular complexity index is 857. The molecule has 0 saturated heterocycles. The fourth-order valence-electron chi connectivity index (χ4n) is 2.84. The van der Waals surface area contributed by atoms with Crippen molar-refractivity contribution in [1.82, 2.24) is 9.63 Å². The van der Waals surface area contributed by atoms with Crippen molar-refractivity contribution < 1.29 is 9.63 Å². The molecule has 3 rings (SSSR count). The number of carbonyl (C=O) groups is 1. The van der Waals surface area contributed by atoms with E-state index in [-0.39, 0.29) is 0 Å². The van der Waals surface area contributed by atoms with Gasteiger partial charge in [-0.2, -0.15) is 4.73 Å². The molecule has 0 aliphatic rings. The fourth-order valence-corrected chi connectivity index (χ4v) is 3.90. The number of carbonyl (C=O) groups excluding carboxylic acids is 1. The molecule has 0 fully saturated rings. The standard InChI is InChI=1S/C19H20N2O2S/c1-20(2)12-16-18-14(13-22)8-7-11-17(18)21(23-3)19(16)24-15-9-5-4-6-10-15/h4-11,13H,12H2,1-3H3. The number of hydrogen-bond donors (Lipinski definition) is 0. The highest BCUT2D eigenvalue weighted by Gasteiger charge is 2.21. The fraction of sp³-hybridized carbons (Fsp3) is 0.211. The predicted molar refractivity (Wildman–Crippen MR) is 97.8 cm³/mol. The molecule has 0 atom stereocenters. The lowest BCUT2D eigenvalue weighted by Gasteiger charge is -2.13. The molecule has 24 heavy (non-hydrogen) atoms. The van der Waals surface area contributed by atoms with Gasteiger partial charge < -0.3 is 9.74 Å². The molecule has 1 aromatic heterocycles. The second kappa shape index (κ2) is 7.11. The maximum atomic E-state index is 11.6. The Morgan fingerprint density at radius 3 is 2.50 bits per heavy atom. The van der Waals surface area contributed by atoms with Gasteiger partial charge in [-0.15, -0.1) is 0 Å². The number of rotatable bonds is 6. The van der Waals surface area contributed by atoms with E-state index in [2.05, 4.69) is 17.0 Å². The van der Waals surface area contributed by atoms with Crippen LogP contribution in [-0.2, 0) is 6.54 Å². The van der Waals surface area contributed by atoms with Crippen LogP contribution in [0.4, 0.5) is 0 Å². The van der Waals surface area contributed by atoms with Crippen molar-refractivity contribution in [2.45, 2.75) is 16.5 Å². The van der Waals surface area contributed by atoms with Crippen LogP contribution < -0.4 is 4.84 Å². The summed E-state index contributed by atoms with van der Waals surface area (Å²) < 4.78 is 1.82. The molecule has 4 nitrogen and oxygen atoms in total. The van der Waals surface area contributed by atoms with Gasteiger partial charge in [-0.25, -0.2) is 0 Å². The number of aldehydes is 1. The number of aromatic nitrogens is 1. The van der Waals surface area contributed by atoms with Crippen LogP contribution >= 0.6 is 11.8 Å². The van der Waals surface area contributed by atoms with E-state index in [1.54, 1.807) is 18.9 Å². The summed E-state index contributed by atoms with van der Waals surface area (Å²) >= 11 is 1.65. The average molecular weight is 340 g/mol. The largest absolute Gasteiger partial charge is 0.416 e.